The zero-order valence-corrected chi connectivity index (χ0v) is 20.5. The van der Waals surface area contributed by atoms with Gasteiger partial charge in [-0.05, 0) is 68.6 Å². The number of likely N-dealkylation sites (tertiary alicyclic amines) is 1. The van der Waals surface area contributed by atoms with Gasteiger partial charge in [-0.1, -0.05) is 68.1 Å². The lowest BCUT2D eigenvalue weighted by atomic mass is 9.91. The van der Waals surface area contributed by atoms with Crippen LogP contribution in [0.2, 0.25) is 5.02 Å². The fourth-order valence-corrected chi connectivity index (χ4v) is 5.21. The second-order valence-corrected chi connectivity index (χ2v) is 9.78. The first-order valence-corrected chi connectivity index (χ1v) is 12.8. The number of para-hydroxylation sites is 1. The summed E-state index contributed by atoms with van der Waals surface area (Å²) in [7, 11) is 0. The molecule has 3 aromatic rings. The largest absolute Gasteiger partial charge is 0.348 e. The van der Waals surface area contributed by atoms with E-state index in [4.69, 9.17) is 11.6 Å². The number of nitrogens with zero attached hydrogens (tertiary/aromatic N) is 2. The van der Waals surface area contributed by atoms with E-state index in [0.717, 1.165) is 47.5 Å². The van der Waals surface area contributed by atoms with Crippen LogP contribution in [0.15, 0.2) is 54.7 Å². The van der Waals surface area contributed by atoms with Crippen LogP contribution in [0.3, 0.4) is 0 Å². The van der Waals surface area contributed by atoms with Crippen molar-refractivity contribution in [3.63, 3.8) is 0 Å². The van der Waals surface area contributed by atoms with E-state index in [1.807, 2.05) is 48.7 Å². The van der Waals surface area contributed by atoms with Crippen LogP contribution in [0.1, 0.15) is 61.4 Å². The molecule has 0 atom stereocenters. The maximum atomic E-state index is 13.0. The first kappa shape index (κ1) is 23.8. The first-order chi connectivity index (χ1) is 16.1. The minimum atomic E-state index is -0.0425. The van der Waals surface area contributed by atoms with Crippen molar-refractivity contribution in [3.8, 4) is 0 Å². The van der Waals surface area contributed by atoms with Crippen LogP contribution < -0.4 is 5.32 Å². The monoisotopic (exact) mass is 465 g/mol. The van der Waals surface area contributed by atoms with Crippen molar-refractivity contribution in [2.45, 2.75) is 58.5 Å². The van der Waals surface area contributed by atoms with E-state index in [1.165, 1.54) is 45.2 Å². The summed E-state index contributed by atoms with van der Waals surface area (Å²) in [5.74, 6) is 0.890. The fraction of sp³-hybridized carbons (Fsp3) is 0.464. The molecule has 0 spiro atoms. The molecule has 1 fully saturated rings. The molecule has 0 radical (unpaired) electrons. The Morgan fingerprint density at radius 2 is 1.88 bits per heavy atom. The molecule has 1 aliphatic rings. The zero-order chi connectivity index (χ0) is 23.0. The lowest BCUT2D eigenvalue weighted by Gasteiger charge is -2.32. The van der Waals surface area contributed by atoms with Gasteiger partial charge >= 0.3 is 0 Å². The Balaban J connectivity index is 1.33. The second-order valence-electron chi connectivity index (χ2n) is 9.35. The van der Waals surface area contributed by atoms with Crippen molar-refractivity contribution in [2.24, 2.45) is 5.92 Å². The van der Waals surface area contributed by atoms with Gasteiger partial charge in [0.2, 0.25) is 0 Å². The second kappa shape index (κ2) is 11.7. The van der Waals surface area contributed by atoms with Crippen molar-refractivity contribution < 1.29 is 4.79 Å². The lowest BCUT2D eigenvalue weighted by molar-refractivity contribution is 0.0952. The summed E-state index contributed by atoms with van der Waals surface area (Å²) in [5, 5.41) is 4.75. The minimum absolute atomic E-state index is 0.0425. The maximum absolute atomic E-state index is 13.0. The number of carbonyl (C=O) groups excluding carboxylic acids is 1. The van der Waals surface area contributed by atoms with Gasteiger partial charge in [0.25, 0.3) is 5.91 Å². The molecule has 1 aliphatic heterocycles. The highest BCUT2D eigenvalue weighted by Gasteiger charge is 2.19. The molecule has 4 nitrogen and oxygen atoms in total. The summed E-state index contributed by atoms with van der Waals surface area (Å²) in [5.41, 5.74) is 2.87. The molecule has 5 heteroatoms. The summed E-state index contributed by atoms with van der Waals surface area (Å²) in [6.45, 7) is 7.28. The molecule has 4 rings (SSSR count). The number of piperidine rings is 1. The zero-order valence-electron chi connectivity index (χ0n) is 19.7. The molecule has 0 saturated carbocycles. The molecule has 2 heterocycles. The lowest BCUT2D eigenvalue weighted by Crippen LogP contribution is -2.34. The SMILES string of the molecule is CCCCC1CCN(CCCn2cc(C(=O)NCc3cccc(Cl)c3)c3ccccc32)CC1. The van der Waals surface area contributed by atoms with Crippen LogP contribution in [0.5, 0.6) is 0 Å². The molecule has 1 aromatic heterocycles. The van der Waals surface area contributed by atoms with E-state index in [-0.39, 0.29) is 5.91 Å². The number of nitrogens with one attached hydrogen (secondary N) is 1. The Morgan fingerprint density at radius 1 is 1.06 bits per heavy atom. The number of halogens is 1. The highest BCUT2D eigenvalue weighted by Crippen LogP contribution is 2.24. The smallest absolute Gasteiger partial charge is 0.253 e. The van der Waals surface area contributed by atoms with Crippen LogP contribution in [-0.4, -0.2) is 35.0 Å². The summed E-state index contributed by atoms with van der Waals surface area (Å²) in [4.78, 5) is 15.6. The number of carbonyl (C=O) groups is 1. The number of unbranched alkanes of at least 4 members (excludes halogenated alkanes) is 1. The molecular weight excluding hydrogens is 430 g/mol. The number of aryl methyl sites for hydroxylation is 1. The van der Waals surface area contributed by atoms with E-state index >= 15 is 0 Å². The van der Waals surface area contributed by atoms with Gasteiger partial charge in [-0.3, -0.25) is 4.79 Å². The van der Waals surface area contributed by atoms with E-state index in [9.17, 15) is 4.79 Å². The van der Waals surface area contributed by atoms with E-state index in [1.54, 1.807) is 0 Å². The van der Waals surface area contributed by atoms with Crippen molar-refractivity contribution in [2.75, 3.05) is 19.6 Å². The molecular formula is C28H36ClN3O. The summed E-state index contributed by atoms with van der Waals surface area (Å²) >= 11 is 6.07. The van der Waals surface area contributed by atoms with Gasteiger partial charge in [-0.2, -0.15) is 0 Å². The van der Waals surface area contributed by atoms with E-state index in [2.05, 4.69) is 27.8 Å². The van der Waals surface area contributed by atoms with Crippen LogP contribution in [0.4, 0.5) is 0 Å². The highest BCUT2D eigenvalue weighted by atomic mass is 35.5. The van der Waals surface area contributed by atoms with Gasteiger partial charge in [-0.25, -0.2) is 0 Å². The Morgan fingerprint density at radius 3 is 2.67 bits per heavy atom. The predicted octanol–water partition coefficient (Wildman–Crippen LogP) is 6.52. The molecule has 2 aromatic carbocycles. The van der Waals surface area contributed by atoms with Crippen molar-refractivity contribution in [3.05, 3.63) is 70.9 Å². The van der Waals surface area contributed by atoms with Gasteiger partial charge in [0.1, 0.15) is 0 Å². The predicted molar refractivity (Wildman–Crippen MR) is 138 cm³/mol. The maximum Gasteiger partial charge on any atom is 0.253 e. The fourth-order valence-electron chi connectivity index (χ4n) is 4.99. The molecule has 1 saturated heterocycles. The Labute approximate surface area is 202 Å². The third kappa shape index (κ3) is 6.39. The molecule has 0 bridgehead atoms. The summed E-state index contributed by atoms with van der Waals surface area (Å²) in [6.07, 6.45) is 9.91. The number of rotatable bonds is 10. The van der Waals surface area contributed by atoms with Crippen LogP contribution in [0.25, 0.3) is 10.9 Å². The van der Waals surface area contributed by atoms with E-state index < -0.39 is 0 Å². The first-order valence-electron chi connectivity index (χ1n) is 12.5. The minimum Gasteiger partial charge on any atom is -0.348 e. The molecule has 0 aliphatic carbocycles. The third-order valence-electron chi connectivity index (χ3n) is 6.92. The number of amides is 1. The normalized spacial score (nSPS) is 15.2. The summed E-state index contributed by atoms with van der Waals surface area (Å²) < 4.78 is 2.25. The van der Waals surface area contributed by atoms with Gasteiger partial charge in [-0.15, -0.1) is 0 Å². The number of hydrogen-bond acceptors (Lipinski definition) is 2. The molecule has 33 heavy (non-hydrogen) atoms. The Kier molecular flexibility index (Phi) is 8.46. The van der Waals surface area contributed by atoms with E-state index in [0.29, 0.717) is 11.6 Å². The van der Waals surface area contributed by atoms with Crippen molar-refractivity contribution in [1.82, 2.24) is 14.8 Å². The average molecular weight is 466 g/mol. The molecule has 1 N–H and O–H groups in total. The van der Waals surface area contributed by atoms with Gasteiger partial charge < -0.3 is 14.8 Å². The summed E-state index contributed by atoms with van der Waals surface area (Å²) in [6, 6.07) is 15.8. The standard InChI is InChI=1S/C28H36ClN3O/c1-2-3-8-22-13-17-31(18-14-22)15-7-16-32-21-26(25-11-4-5-12-27(25)32)28(33)30-20-23-9-6-10-24(29)19-23/h4-6,9-12,19,21-22H,2-3,7-8,13-18,20H2,1H3,(H,30,33). The Bertz CT molecular complexity index is 1050. The van der Waals surface area contributed by atoms with Gasteiger partial charge in [0.05, 0.1) is 5.56 Å². The molecule has 0 unspecified atom stereocenters. The third-order valence-corrected chi connectivity index (χ3v) is 7.16. The Hall–Kier alpha value is -2.30. The van der Waals surface area contributed by atoms with Gasteiger partial charge in [0.15, 0.2) is 0 Å². The number of benzene rings is 2. The van der Waals surface area contributed by atoms with Gasteiger partial charge in [0, 0.05) is 35.2 Å². The van der Waals surface area contributed by atoms with Crippen molar-refractivity contribution >= 4 is 28.4 Å². The highest BCUT2D eigenvalue weighted by molar-refractivity contribution is 6.30. The quantitative estimate of drug-likeness (QED) is 0.370. The molecule has 176 valence electrons. The van der Waals surface area contributed by atoms with Crippen LogP contribution >= 0.6 is 11.6 Å². The number of fused-ring (bicyclic) bond motifs is 1. The van der Waals surface area contributed by atoms with Crippen molar-refractivity contribution in [1.29, 1.82) is 0 Å². The molecule has 1 amide bonds. The average Bonchev–Trinajstić information content (AvgIpc) is 3.21. The number of aromatic nitrogens is 1. The topological polar surface area (TPSA) is 37.3 Å². The van der Waals surface area contributed by atoms with Crippen LogP contribution in [-0.2, 0) is 13.1 Å². The number of hydrogen-bond donors (Lipinski definition) is 1. The van der Waals surface area contributed by atoms with Crippen LogP contribution in [0, 0.1) is 5.92 Å².